The molecule has 0 bridgehead atoms. The summed E-state index contributed by atoms with van der Waals surface area (Å²) in [5.41, 5.74) is -0.0403. The number of carbonyl (C=O) groups is 1. The molecule has 2 aromatic rings. The number of hydrogen-bond acceptors (Lipinski definition) is 2. The van der Waals surface area contributed by atoms with Crippen LogP contribution in [0.25, 0.3) is 0 Å². The van der Waals surface area contributed by atoms with E-state index in [-0.39, 0.29) is 11.0 Å². The number of amides is 1. The van der Waals surface area contributed by atoms with Crippen LogP contribution in [0.2, 0.25) is 0 Å². The number of hydrogen-bond donors (Lipinski definition) is 0. The van der Waals surface area contributed by atoms with Crippen molar-refractivity contribution in [1.82, 2.24) is 4.57 Å². The van der Waals surface area contributed by atoms with E-state index in [1.165, 1.54) is 23.5 Å². The summed E-state index contributed by atoms with van der Waals surface area (Å²) in [4.78, 5) is 17.9. The van der Waals surface area contributed by atoms with Crippen molar-refractivity contribution in [3.63, 3.8) is 0 Å². The Hall–Kier alpha value is -1.89. The normalized spacial score (nSPS) is 13.4. The molecule has 7 heteroatoms. The minimum atomic E-state index is -4.49. The van der Waals surface area contributed by atoms with E-state index in [1.54, 1.807) is 11.6 Å². The van der Waals surface area contributed by atoms with Gasteiger partial charge in [0.2, 0.25) is 0 Å². The minimum Gasteiger partial charge on any atom is -0.324 e. The smallest absolute Gasteiger partial charge is 0.324 e. The molecule has 0 saturated heterocycles. The Morgan fingerprint density at radius 3 is 2.33 bits per heavy atom. The zero-order valence-electron chi connectivity index (χ0n) is 14.2. The lowest BCUT2D eigenvalue weighted by Crippen LogP contribution is -2.15. The van der Waals surface area contributed by atoms with Crippen LogP contribution in [-0.2, 0) is 18.6 Å². The molecular weight excluding hydrogens is 337 g/mol. The van der Waals surface area contributed by atoms with Crippen molar-refractivity contribution in [3.05, 3.63) is 50.8 Å². The summed E-state index contributed by atoms with van der Waals surface area (Å²) >= 11 is 1.38. The Bertz CT molecular complexity index is 839. The number of thiazole rings is 1. The fraction of sp³-hybridized carbons (Fsp3) is 0.412. The molecule has 0 aliphatic heterocycles. The summed E-state index contributed by atoms with van der Waals surface area (Å²) in [5.74, 6) is -0.682. The first-order chi connectivity index (χ1) is 10.9. The maximum atomic E-state index is 12.8. The van der Waals surface area contributed by atoms with E-state index in [4.69, 9.17) is 0 Å². The summed E-state index contributed by atoms with van der Waals surface area (Å²) in [5, 5.41) is 0. The van der Waals surface area contributed by atoms with Gasteiger partial charge >= 0.3 is 6.18 Å². The predicted molar refractivity (Wildman–Crippen MR) is 88.1 cm³/mol. The molecule has 3 nitrogen and oxygen atoms in total. The van der Waals surface area contributed by atoms with Crippen LogP contribution >= 0.6 is 11.3 Å². The molecule has 0 aliphatic carbocycles. The van der Waals surface area contributed by atoms with Crippen molar-refractivity contribution in [1.29, 1.82) is 0 Å². The second kappa shape index (κ2) is 6.20. The molecule has 0 saturated carbocycles. The van der Waals surface area contributed by atoms with Gasteiger partial charge in [0.1, 0.15) is 0 Å². The molecule has 0 spiro atoms. The first kappa shape index (κ1) is 18.4. The van der Waals surface area contributed by atoms with Gasteiger partial charge in [-0.2, -0.15) is 18.2 Å². The third kappa shape index (κ3) is 3.77. The van der Waals surface area contributed by atoms with E-state index in [0.29, 0.717) is 4.80 Å². The van der Waals surface area contributed by atoms with Crippen LogP contribution < -0.4 is 4.80 Å². The number of benzene rings is 1. The van der Waals surface area contributed by atoms with Gasteiger partial charge in [-0.25, -0.2) is 0 Å². The number of alkyl halides is 3. The molecule has 130 valence electrons. The van der Waals surface area contributed by atoms with Gasteiger partial charge in [0.05, 0.1) is 5.56 Å². The maximum Gasteiger partial charge on any atom is 0.416 e. The van der Waals surface area contributed by atoms with Crippen LogP contribution in [-0.4, -0.2) is 10.5 Å². The number of nitrogens with zero attached hydrogens (tertiary/aromatic N) is 2. The molecule has 0 fully saturated rings. The first-order valence-corrected chi connectivity index (χ1v) is 8.16. The largest absolute Gasteiger partial charge is 0.416 e. The topological polar surface area (TPSA) is 34.4 Å². The summed E-state index contributed by atoms with van der Waals surface area (Å²) < 4.78 is 40.1. The highest BCUT2D eigenvalue weighted by molar-refractivity contribution is 7.09. The van der Waals surface area contributed by atoms with Crippen LogP contribution in [0.4, 0.5) is 13.2 Å². The molecule has 0 aliphatic rings. The number of carbonyl (C=O) groups excluding carboxylic acids is 1. The Kier molecular flexibility index (Phi) is 4.77. The van der Waals surface area contributed by atoms with E-state index in [2.05, 4.69) is 25.8 Å². The fourth-order valence-corrected chi connectivity index (χ4v) is 3.48. The molecule has 24 heavy (non-hydrogen) atoms. The molecule has 1 aromatic heterocycles. The Morgan fingerprint density at radius 2 is 1.83 bits per heavy atom. The lowest BCUT2D eigenvalue weighted by atomic mass is 9.93. The van der Waals surface area contributed by atoms with Gasteiger partial charge in [-0.3, -0.25) is 4.79 Å². The summed E-state index contributed by atoms with van der Waals surface area (Å²) in [6, 6.07) is 4.32. The summed E-state index contributed by atoms with van der Waals surface area (Å²) in [6.45, 7) is 8.11. The summed E-state index contributed by atoms with van der Waals surface area (Å²) in [6.07, 6.45) is -4.49. The van der Waals surface area contributed by atoms with Crippen LogP contribution in [0.1, 0.15) is 47.3 Å². The van der Waals surface area contributed by atoms with Crippen LogP contribution in [0.3, 0.4) is 0 Å². The highest BCUT2D eigenvalue weighted by Gasteiger charge is 2.31. The van der Waals surface area contributed by atoms with Crippen molar-refractivity contribution in [2.45, 2.75) is 39.3 Å². The predicted octanol–water partition coefficient (Wildman–Crippen LogP) is 4.45. The van der Waals surface area contributed by atoms with Crippen molar-refractivity contribution in [3.8, 4) is 0 Å². The highest BCUT2D eigenvalue weighted by atomic mass is 32.1. The van der Waals surface area contributed by atoms with E-state index in [9.17, 15) is 18.0 Å². The van der Waals surface area contributed by atoms with Crippen LogP contribution in [0.5, 0.6) is 0 Å². The molecule has 1 heterocycles. The van der Waals surface area contributed by atoms with E-state index >= 15 is 0 Å². The zero-order chi connectivity index (χ0) is 18.3. The second-order valence-corrected chi connectivity index (χ2v) is 7.58. The van der Waals surface area contributed by atoms with Crippen LogP contribution in [0.15, 0.2) is 29.3 Å². The molecule has 0 N–H and O–H groups in total. The monoisotopic (exact) mass is 356 g/mol. The molecule has 0 radical (unpaired) electrons. The van der Waals surface area contributed by atoms with Crippen molar-refractivity contribution >= 4 is 17.2 Å². The Balaban J connectivity index is 2.48. The Morgan fingerprint density at radius 1 is 1.21 bits per heavy atom. The number of rotatable bonds is 1. The van der Waals surface area contributed by atoms with Gasteiger partial charge in [0.25, 0.3) is 5.91 Å². The standard InChI is InChI=1S/C17H19F3N2OS/c1-10-13(16(2,3)4)24-15(22(10)5)21-14(23)11-7-6-8-12(9-11)17(18,19)20/h6-9H,1-5H3/b21-15-. The molecule has 0 atom stereocenters. The van der Waals surface area contributed by atoms with E-state index in [0.717, 1.165) is 22.7 Å². The van der Waals surface area contributed by atoms with Gasteiger partial charge in [-0.15, -0.1) is 11.3 Å². The molecule has 1 aromatic carbocycles. The average molecular weight is 356 g/mol. The SMILES string of the molecule is Cc1c(C(C)(C)C)s/c(=N\C(=O)c2cccc(C(F)(F)F)c2)n1C. The lowest BCUT2D eigenvalue weighted by molar-refractivity contribution is -0.137. The highest BCUT2D eigenvalue weighted by Crippen LogP contribution is 2.30. The third-order valence-electron chi connectivity index (χ3n) is 3.63. The van der Waals surface area contributed by atoms with Gasteiger partial charge in [-0.1, -0.05) is 26.8 Å². The van der Waals surface area contributed by atoms with Crippen molar-refractivity contribution < 1.29 is 18.0 Å². The quantitative estimate of drug-likeness (QED) is 0.743. The van der Waals surface area contributed by atoms with Crippen molar-refractivity contribution in [2.24, 2.45) is 12.0 Å². The second-order valence-electron chi connectivity index (χ2n) is 6.60. The molecular formula is C17H19F3N2OS. The molecule has 2 rings (SSSR count). The number of halogens is 3. The van der Waals surface area contributed by atoms with Crippen LogP contribution in [0, 0.1) is 6.92 Å². The fourth-order valence-electron chi connectivity index (χ4n) is 2.30. The first-order valence-electron chi connectivity index (χ1n) is 7.34. The van der Waals surface area contributed by atoms with Gasteiger partial charge in [-0.05, 0) is 30.5 Å². The van der Waals surface area contributed by atoms with E-state index < -0.39 is 17.6 Å². The molecule has 1 amide bonds. The molecule has 0 unspecified atom stereocenters. The van der Waals surface area contributed by atoms with Gasteiger partial charge in [0.15, 0.2) is 4.80 Å². The van der Waals surface area contributed by atoms with Crippen molar-refractivity contribution in [2.75, 3.05) is 0 Å². The maximum absolute atomic E-state index is 12.8. The third-order valence-corrected chi connectivity index (χ3v) is 5.29. The minimum absolute atomic E-state index is 0.0758. The summed E-state index contributed by atoms with van der Waals surface area (Å²) in [7, 11) is 1.79. The Labute approximate surface area is 142 Å². The van der Waals surface area contributed by atoms with Gasteiger partial charge in [0, 0.05) is 23.2 Å². The lowest BCUT2D eigenvalue weighted by Gasteiger charge is -2.17. The zero-order valence-corrected chi connectivity index (χ0v) is 15.0. The van der Waals surface area contributed by atoms with Gasteiger partial charge < -0.3 is 4.57 Å². The van der Waals surface area contributed by atoms with E-state index in [1.807, 2.05) is 6.92 Å². The number of aromatic nitrogens is 1. The average Bonchev–Trinajstić information content (AvgIpc) is 2.75.